The first kappa shape index (κ1) is 16.4. The second-order valence-corrected chi connectivity index (χ2v) is 7.59. The van der Waals surface area contributed by atoms with Crippen molar-refractivity contribution in [3.05, 3.63) is 23.8 Å². The van der Waals surface area contributed by atoms with Crippen LogP contribution in [0.5, 0.6) is 11.5 Å². The quantitative estimate of drug-likeness (QED) is 0.718. The highest BCUT2D eigenvalue weighted by atomic mass is 16.6. The lowest BCUT2D eigenvalue weighted by atomic mass is 9.88. The fourth-order valence-electron chi connectivity index (χ4n) is 4.85. The van der Waals surface area contributed by atoms with Crippen LogP contribution in [0.2, 0.25) is 0 Å². The Morgan fingerprint density at radius 2 is 2.08 bits per heavy atom. The van der Waals surface area contributed by atoms with Gasteiger partial charge in [0, 0.05) is 30.6 Å². The van der Waals surface area contributed by atoms with E-state index >= 15 is 0 Å². The Kier molecular flexibility index (Phi) is 4.23. The molecule has 3 saturated heterocycles. The van der Waals surface area contributed by atoms with E-state index in [1.165, 1.54) is 0 Å². The van der Waals surface area contributed by atoms with Crippen molar-refractivity contribution in [2.45, 2.75) is 37.4 Å². The average molecular weight is 358 g/mol. The van der Waals surface area contributed by atoms with Gasteiger partial charge in [0.1, 0.15) is 19.3 Å². The van der Waals surface area contributed by atoms with Crippen LogP contribution >= 0.6 is 0 Å². The molecule has 4 heterocycles. The number of hydrazine groups is 1. The van der Waals surface area contributed by atoms with Crippen molar-refractivity contribution in [3.63, 3.8) is 0 Å². The summed E-state index contributed by atoms with van der Waals surface area (Å²) in [7, 11) is 0. The molecule has 7 heteroatoms. The Morgan fingerprint density at radius 3 is 3.04 bits per heavy atom. The minimum Gasteiger partial charge on any atom is -0.486 e. The molecule has 0 radical (unpaired) electrons. The number of nitrogens with one attached hydrogen (secondary N) is 3. The number of carbonyl (C=O) groups is 1. The van der Waals surface area contributed by atoms with Crippen LogP contribution in [0.15, 0.2) is 18.2 Å². The molecule has 4 aliphatic rings. The zero-order valence-electron chi connectivity index (χ0n) is 14.9. The van der Waals surface area contributed by atoms with Gasteiger partial charge in [-0.15, -0.1) is 0 Å². The van der Waals surface area contributed by atoms with Crippen LogP contribution in [-0.2, 0) is 4.79 Å². The summed E-state index contributed by atoms with van der Waals surface area (Å²) in [4.78, 5) is 15.4. The van der Waals surface area contributed by atoms with Gasteiger partial charge in [0.25, 0.3) is 0 Å². The van der Waals surface area contributed by atoms with Gasteiger partial charge in [0.05, 0.1) is 6.04 Å². The monoisotopic (exact) mass is 358 g/mol. The Balaban J connectivity index is 1.40. The van der Waals surface area contributed by atoms with Crippen molar-refractivity contribution in [1.82, 2.24) is 21.1 Å². The lowest BCUT2D eigenvalue weighted by Crippen LogP contribution is -2.50. The Bertz CT molecular complexity index is 697. The number of fused-ring (bicyclic) bond motifs is 2. The molecule has 7 nitrogen and oxygen atoms in total. The number of ether oxygens (including phenoxy) is 2. The molecule has 26 heavy (non-hydrogen) atoms. The van der Waals surface area contributed by atoms with E-state index in [0.29, 0.717) is 25.2 Å². The van der Waals surface area contributed by atoms with E-state index in [1.54, 1.807) is 0 Å². The van der Waals surface area contributed by atoms with Crippen LogP contribution in [-0.4, -0.2) is 55.7 Å². The molecule has 0 saturated carbocycles. The van der Waals surface area contributed by atoms with Gasteiger partial charge >= 0.3 is 0 Å². The highest BCUT2D eigenvalue weighted by Crippen LogP contribution is 2.43. The minimum atomic E-state index is -0.162. The molecule has 140 valence electrons. The van der Waals surface area contributed by atoms with E-state index in [-0.39, 0.29) is 18.0 Å². The van der Waals surface area contributed by atoms with Gasteiger partial charge in [0.2, 0.25) is 5.91 Å². The number of amides is 1. The molecule has 1 amide bonds. The summed E-state index contributed by atoms with van der Waals surface area (Å²) in [6.07, 6.45) is 3.05. The molecule has 0 spiro atoms. The highest BCUT2D eigenvalue weighted by Gasteiger charge is 2.45. The van der Waals surface area contributed by atoms with Crippen molar-refractivity contribution in [2.24, 2.45) is 5.92 Å². The third-order valence-electron chi connectivity index (χ3n) is 6.14. The fraction of sp³-hybridized carbons (Fsp3) is 0.632. The van der Waals surface area contributed by atoms with Crippen molar-refractivity contribution in [3.8, 4) is 11.5 Å². The van der Waals surface area contributed by atoms with Gasteiger partial charge in [0.15, 0.2) is 11.5 Å². The number of nitrogens with zero attached hydrogens (tertiary/aromatic N) is 1. The minimum absolute atomic E-state index is 0.0662. The maximum Gasteiger partial charge on any atom is 0.241 e. The maximum absolute atomic E-state index is 13.4. The topological polar surface area (TPSA) is 74.9 Å². The number of para-hydroxylation sites is 1. The van der Waals surface area contributed by atoms with E-state index < -0.39 is 0 Å². The second-order valence-electron chi connectivity index (χ2n) is 7.59. The highest BCUT2D eigenvalue weighted by molar-refractivity contribution is 5.83. The molecule has 0 bridgehead atoms. The molecule has 3 N–H and O–H groups in total. The molecule has 4 unspecified atom stereocenters. The first-order valence-electron chi connectivity index (χ1n) is 9.73. The number of piperidine rings is 1. The van der Waals surface area contributed by atoms with Gasteiger partial charge in [-0.2, -0.15) is 0 Å². The largest absolute Gasteiger partial charge is 0.486 e. The zero-order valence-corrected chi connectivity index (χ0v) is 14.9. The first-order valence-corrected chi connectivity index (χ1v) is 9.73. The molecule has 4 atom stereocenters. The summed E-state index contributed by atoms with van der Waals surface area (Å²) in [5, 5.41) is 3.43. The van der Waals surface area contributed by atoms with Crippen LogP contribution in [0.25, 0.3) is 0 Å². The first-order chi connectivity index (χ1) is 12.8. The normalized spacial score (nSPS) is 33.2. The van der Waals surface area contributed by atoms with Gasteiger partial charge in [-0.1, -0.05) is 12.1 Å². The predicted molar refractivity (Wildman–Crippen MR) is 95.9 cm³/mol. The SMILES string of the molecule is O=C(C1NNC2CCNCC21)N1CCCC1c1cccc2c1OCCO2. The molecule has 1 aromatic rings. The smallest absolute Gasteiger partial charge is 0.241 e. The molecule has 4 aliphatic heterocycles. The Hall–Kier alpha value is -1.83. The molecule has 0 aliphatic carbocycles. The van der Waals surface area contributed by atoms with Gasteiger partial charge in [-0.3, -0.25) is 10.2 Å². The van der Waals surface area contributed by atoms with E-state index in [1.807, 2.05) is 17.0 Å². The van der Waals surface area contributed by atoms with Crippen LogP contribution in [0.1, 0.15) is 30.9 Å². The number of hydrogen-bond donors (Lipinski definition) is 3. The molecule has 1 aromatic carbocycles. The van der Waals surface area contributed by atoms with Crippen molar-refractivity contribution < 1.29 is 14.3 Å². The molecule has 5 rings (SSSR count). The summed E-state index contributed by atoms with van der Waals surface area (Å²) in [5.74, 6) is 2.12. The second kappa shape index (κ2) is 6.72. The van der Waals surface area contributed by atoms with Gasteiger partial charge in [-0.05, 0) is 31.9 Å². The average Bonchev–Trinajstić information content (AvgIpc) is 3.34. The summed E-state index contributed by atoms with van der Waals surface area (Å²) in [6.45, 7) is 3.84. The number of rotatable bonds is 2. The number of likely N-dealkylation sites (tertiary alicyclic amines) is 1. The van der Waals surface area contributed by atoms with Crippen LogP contribution < -0.4 is 25.6 Å². The molecule has 0 aromatic heterocycles. The molecular formula is C19H26N4O3. The van der Waals surface area contributed by atoms with E-state index in [2.05, 4.69) is 22.2 Å². The fourth-order valence-corrected chi connectivity index (χ4v) is 4.85. The predicted octanol–water partition coefficient (Wildman–Crippen LogP) is 0.576. The number of benzene rings is 1. The third-order valence-corrected chi connectivity index (χ3v) is 6.14. The van der Waals surface area contributed by atoms with E-state index in [9.17, 15) is 4.79 Å². The summed E-state index contributed by atoms with van der Waals surface area (Å²) in [5.41, 5.74) is 7.69. The summed E-state index contributed by atoms with van der Waals surface area (Å²) < 4.78 is 11.6. The Labute approximate surface area is 153 Å². The number of carbonyl (C=O) groups excluding carboxylic acids is 1. The maximum atomic E-state index is 13.4. The zero-order chi connectivity index (χ0) is 17.5. The third kappa shape index (κ3) is 2.66. The van der Waals surface area contributed by atoms with E-state index in [4.69, 9.17) is 9.47 Å². The van der Waals surface area contributed by atoms with Crippen LogP contribution in [0.3, 0.4) is 0 Å². The van der Waals surface area contributed by atoms with Crippen molar-refractivity contribution in [1.29, 1.82) is 0 Å². The van der Waals surface area contributed by atoms with Crippen LogP contribution in [0, 0.1) is 5.92 Å². The van der Waals surface area contributed by atoms with Crippen molar-refractivity contribution in [2.75, 3.05) is 32.8 Å². The number of hydrogen-bond acceptors (Lipinski definition) is 6. The lowest BCUT2D eigenvalue weighted by Gasteiger charge is -2.33. The van der Waals surface area contributed by atoms with E-state index in [0.717, 1.165) is 56.0 Å². The lowest BCUT2D eigenvalue weighted by molar-refractivity contribution is -0.135. The van der Waals surface area contributed by atoms with Crippen LogP contribution in [0.4, 0.5) is 0 Å². The summed E-state index contributed by atoms with van der Waals surface area (Å²) in [6, 6.07) is 6.31. The summed E-state index contributed by atoms with van der Waals surface area (Å²) >= 11 is 0. The van der Waals surface area contributed by atoms with Gasteiger partial charge in [-0.25, -0.2) is 5.43 Å². The standard InChI is InChI=1S/C19H26N4O3/c24-19(17-13-11-20-7-6-14(13)21-22-17)23-8-2-4-15(23)12-3-1-5-16-18(12)26-10-9-25-16/h1,3,5,13-15,17,20-22H,2,4,6-11H2. The molecule has 3 fully saturated rings. The Morgan fingerprint density at radius 1 is 1.15 bits per heavy atom. The van der Waals surface area contributed by atoms with Crippen molar-refractivity contribution >= 4 is 5.91 Å². The van der Waals surface area contributed by atoms with Gasteiger partial charge < -0.3 is 19.7 Å². The molecular weight excluding hydrogens is 332 g/mol.